The number of aliphatic imine (C=N–C) groups is 1. The number of hydrogen-bond acceptors (Lipinski definition) is 3. The van der Waals surface area contributed by atoms with Gasteiger partial charge in [0.05, 0.1) is 11.4 Å². The minimum Gasteiger partial charge on any atom is -0.342 e. The van der Waals surface area contributed by atoms with Crippen molar-refractivity contribution in [2.24, 2.45) is 4.99 Å². The molecule has 0 saturated heterocycles. The molecule has 3 aromatic carbocycles. The van der Waals surface area contributed by atoms with E-state index in [0.29, 0.717) is 10.6 Å². The van der Waals surface area contributed by atoms with E-state index in [1.165, 1.54) is 0 Å². The Balaban J connectivity index is 0.000000751. The summed E-state index contributed by atoms with van der Waals surface area (Å²) in [5, 5.41) is 0.658. The van der Waals surface area contributed by atoms with Gasteiger partial charge in [0.2, 0.25) is 0 Å². The molecule has 178 valence electrons. The van der Waals surface area contributed by atoms with Crippen LogP contribution >= 0.6 is 35.0 Å². The van der Waals surface area contributed by atoms with Crippen molar-refractivity contribution in [2.75, 3.05) is 19.5 Å². The summed E-state index contributed by atoms with van der Waals surface area (Å²) < 4.78 is 0. The molecule has 0 unspecified atom stereocenters. The number of alkyl halides is 1. The van der Waals surface area contributed by atoms with Crippen molar-refractivity contribution in [1.82, 2.24) is 4.90 Å². The maximum atomic E-state index is 12.9. The van der Waals surface area contributed by atoms with Gasteiger partial charge in [0.15, 0.2) is 0 Å². The van der Waals surface area contributed by atoms with Crippen LogP contribution in [0.2, 0.25) is 5.02 Å². The second-order valence-corrected chi connectivity index (χ2v) is 9.86. The highest BCUT2D eigenvalue weighted by atomic mass is 35.5. The van der Waals surface area contributed by atoms with Gasteiger partial charge >= 0.3 is 0 Å². The van der Waals surface area contributed by atoms with Crippen LogP contribution in [0.25, 0.3) is 0 Å². The summed E-state index contributed by atoms with van der Waals surface area (Å²) in [6.45, 7) is 4.92. The Bertz CT molecular complexity index is 1160. The van der Waals surface area contributed by atoms with E-state index in [1.54, 1.807) is 16.7 Å². The molecule has 3 aromatic rings. The van der Waals surface area contributed by atoms with Crippen LogP contribution in [0.1, 0.15) is 54.6 Å². The van der Waals surface area contributed by atoms with Gasteiger partial charge in [-0.15, -0.1) is 11.6 Å². The van der Waals surface area contributed by atoms with Gasteiger partial charge in [0.25, 0.3) is 5.91 Å². The van der Waals surface area contributed by atoms with Crippen LogP contribution in [0.4, 0.5) is 5.69 Å². The third kappa shape index (κ3) is 6.44. The molecular formula is C28H30Cl2N2OS. The summed E-state index contributed by atoms with van der Waals surface area (Å²) >= 11 is 13.4. The van der Waals surface area contributed by atoms with Crippen LogP contribution in [-0.4, -0.2) is 36.0 Å². The lowest BCUT2D eigenvalue weighted by Crippen LogP contribution is -2.27. The molecule has 0 saturated carbocycles. The van der Waals surface area contributed by atoms with Crippen molar-refractivity contribution in [1.29, 1.82) is 0 Å². The fourth-order valence-electron chi connectivity index (χ4n) is 3.45. The van der Waals surface area contributed by atoms with E-state index in [-0.39, 0.29) is 5.91 Å². The fraction of sp³-hybridized carbons (Fsp3) is 0.286. The summed E-state index contributed by atoms with van der Waals surface area (Å²) in [6, 6.07) is 21.8. The van der Waals surface area contributed by atoms with E-state index in [2.05, 4.69) is 19.1 Å². The highest BCUT2D eigenvalue weighted by Crippen LogP contribution is 2.42. The highest BCUT2D eigenvalue weighted by Gasteiger charge is 2.21. The largest absolute Gasteiger partial charge is 0.342 e. The lowest BCUT2D eigenvalue weighted by Gasteiger charge is -2.17. The van der Waals surface area contributed by atoms with Gasteiger partial charge in [0, 0.05) is 51.0 Å². The third-order valence-electron chi connectivity index (χ3n) is 5.31. The average molecular weight is 514 g/mol. The van der Waals surface area contributed by atoms with Crippen LogP contribution in [-0.2, 0) is 0 Å². The van der Waals surface area contributed by atoms with E-state index in [1.807, 2.05) is 68.6 Å². The van der Waals surface area contributed by atoms with Crippen molar-refractivity contribution in [3.8, 4) is 0 Å². The van der Waals surface area contributed by atoms with Gasteiger partial charge in [-0.25, -0.2) is 4.99 Å². The number of hydrogen-bond donors (Lipinski definition) is 0. The lowest BCUT2D eigenvalue weighted by molar-refractivity contribution is 0.0793. The van der Waals surface area contributed by atoms with E-state index in [9.17, 15) is 4.79 Å². The first-order chi connectivity index (χ1) is 16.5. The molecule has 0 atom stereocenters. The second-order valence-electron chi connectivity index (χ2n) is 7.99. The zero-order chi connectivity index (χ0) is 24.5. The molecule has 0 aliphatic carbocycles. The number of unbranched alkanes of at least 4 members (excludes halogenated alkanes) is 1. The van der Waals surface area contributed by atoms with Crippen molar-refractivity contribution < 1.29 is 4.79 Å². The first kappa shape index (κ1) is 26.3. The number of carbonyl (C=O) groups is 1. The number of carbonyl (C=O) groups excluding carboxylic acids is 1. The monoisotopic (exact) mass is 512 g/mol. The normalized spacial score (nSPS) is 11.9. The minimum absolute atomic E-state index is 0.0208. The zero-order valence-corrected chi connectivity index (χ0v) is 22.2. The Labute approximate surface area is 217 Å². The topological polar surface area (TPSA) is 32.7 Å². The molecule has 1 amide bonds. The molecule has 34 heavy (non-hydrogen) atoms. The molecule has 0 spiro atoms. The van der Waals surface area contributed by atoms with Crippen LogP contribution in [0, 0.1) is 0 Å². The Kier molecular flexibility index (Phi) is 10.1. The van der Waals surface area contributed by atoms with E-state index < -0.39 is 0 Å². The first-order valence-electron chi connectivity index (χ1n) is 11.6. The van der Waals surface area contributed by atoms with Crippen molar-refractivity contribution in [2.45, 2.75) is 42.9 Å². The minimum atomic E-state index is 0.0208. The molecule has 3 nitrogen and oxygen atoms in total. The Morgan fingerprint density at radius 3 is 2.29 bits per heavy atom. The molecule has 0 N–H and O–H groups in total. The van der Waals surface area contributed by atoms with E-state index >= 15 is 0 Å². The highest BCUT2D eigenvalue weighted by molar-refractivity contribution is 7.99. The van der Waals surface area contributed by atoms with Crippen molar-refractivity contribution in [3.63, 3.8) is 0 Å². The molecule has 6 heteroatoms. The predicted octanol–water partition coefficient (Wildman–Crippen LogP) is 8.48. The summed E-state index contributed by atoms with van der Waals surface area (Å²) in [4.78, 5) is 21.8. The Hall–Kier alpha value is -2.27. The Morgan fingerprint density at radius 2 is 1.62 bits per heavy atom. The van der Waals surface area contributed by atoms with E-state index in [4.69, 9.17) is 28.2 Å². The van der Waals surface area contributed by atoms with Gasteiger partial charge in [0.1, 0.15) is 0 Å². The molecule has 0 aromatic heterocycles. The summed E-state index contributed by atoms with van der Waals surface area (Å²) in [6.07, 6.45) is 3.14. The fourth-order valence-corrected chi connectivity index (χ4v) is 4.68. The smallest absolute Gasteiger partial charge is 0.253 e. The number of rotatable bonds is 6. The first-order valence-corrected chi connectivity index (χ1v) is 13.3. The maximum Gasteiger partial charge on any atom is 0.253 e. The van der Waals surface area contributed by atoms with Gasteiger partial charge in [-0.1, -0.05) is 80.0 Å². The number of halogens is 2. The average Bonchev–Trinajstić information content (AvgIpc) is 3.03. The zero-order valence-electron chi connectivity index (χ0n) is 19.9. The van der Waals surface area contributed by atoms with E-state index in [0.717, 1.165) is 64.0 Å². The molecule has 1 aliphatic rings. The second kappa shape index (κ2) is 13.0. The number of benzene rings is 3. The van der Waals surface area contributed by atoms with Crippen molar-refractivity contribution >= 4 is 52.3 Å². The number of fused-ring (bicyclic) bond motifs is 2. The van der Waals surface area contributed by atoms with Gasteiger partial charge in [-0.2, -0.15) is 0 Å². The quantitative estimate of drug-likeness (QED) is 0.242. The van der Waals surface area contributed by atoms with Crippen LogP contribution in [0.3, 0.4) is 0 Å². The summed E-state index contributed by atoms with van der Waals surface area (Å²) in [7, 11) is 1.85. The van der Waals surface area contributed by atoms with Gasteiger partial charge < -0.3 is 4.90 Å². The van der Waals surface area contributed by atoms with Crippen LogP contribution < -0.4 is 0 Å². The standard InChI is InChI=1S/C25H23ClN2OS.C3H7Cl/c1-3-4-15-28(2)25(29)17-13-14-23-21(16-17)27-24(18-9-5-7-11-20(18)26)19-10-6-8-12-22(19)30-23;1-2-3-4/h5-14,16H,3-4,15H2,1-2H3;2-3H2,1H3. The predicted molar refractivity (Wildman–Crippen MR) is 147 cm³/mol. The van der Waals surface area contributed by atoms with Crippen LogP contribution in [0.15, 0.2) is 81.5 Å². The van der Waals surface area contributed by atoms with Gasteiger partial charge in [-0.3, -0.25) is 4.79 Å². The number of amides is 1. The molecular weight excluding hydrogens is 483 g/mol. The molecule has 0 fully saturated rings. The summed E-state index contributed by atoms with van der Waals surface area (Å²) in [5.41, 5.74) is 4.20. The SMILES string of the molecule is CCCCN(C)C(=O)c1ccc2c(c1)N=C(c1ccccc1Cl)c1ccccc1S2.CCCCl. The number of nitrogens with zero attached hydrogens (tertiary/aromatic N) is 2. The van der Waals surface area contributed by atoms with Gasteiger partial charge in [-0.05, 0) is 43.2 Å². The maximum absolute atomic E-state index is 12.9. The molecule has 0 radical (unpaired) electrons. The molecule has 1 heterocycles. The summed E-state index contributed by atoms with van der Waals surface area (Å²) in [5.74, 6) is 0.813. The third-order valence-corrected chi connectivity index (χ3v) is 7.16. The Morgan fingerprint density at radius 1 is 0.941 bits per heavy atom. The molecule has 1 aliphatic heterocycles. The lowest BCUT2D eigenvalue weighted by atomic mass is 10.0. The molecule has 0 bridgehead atoms. The van der Waals surface area contributed by atoms with Crippen LogP contribution in [0.5, 0.6) is 0 Å². The van der Waals surface area contributed by atoms with Crippen molar-refractivity contribution in [3.05, 3.63) is 88.4 Å². The molecule has 4 rings (SSSR count).